The molecule has 0 unspecified atom stereocenters. The van der Waals surface area contributed by atoms with Gasteiger partial charge in [-0.05, 0) is 36.8 Å². The first-order valence-corrected chi connectivity index (χ1v) is 9.52. The smallest absolute Gasteiger partial charge is 0.414 e. The van der Waals surface area contributed by atoms with E-state index in [0.29, 0.717) is 31.9 Å². The third kappa shape index (κ3) is 4.27. The lowest BCUT2D eigenvalue weighted by atomic mass is 10.2. The van der Waals surface area contributed by atoms with Gasteiger partial charge in [0.2, 0.25) is 0 Å². The fourth-order valence-corrected chi connectivity index (χ4v) is 3.20. The van der Waals surface area contributed by atoms with E-state index in [-0.39, 0.29) is 23.4 Å². The third-order valence-corrected chi connectivity index (χ3v) is 4.80. The van der Waals surface area contributed by atoms with Gasteiger partial charge in [0, 0.05) is 20.1 Å². The van der Waals surface area contributed by atoms with Gasteiger partial charge in [-0.3, -0.25) is 9.80 Å². The molecule has 3 amide bonds. The largest absolute Gasteiger partial charge is 0.471 e. The number of amides is 3. The summed E-state index contributed by atoms with van der Waals surface area (Å²) >= 11 is 5.04. The van der Waals surface area contributed by atoms with Crippen molar-refractivity contribution in [2.45, 2.75) is 19.4 Å². The number of hydrogen-bond donors (Lipinski definition) is 1. The number of carbonyl (C=O) groups is 2. The van der Waals surface area contributed by atoms with E-state index < -0.39 is 18.0 Å². The molecule has 0 saturated carbocycles. The second kappa shape index (κ2) is 8.59. The average molecular weight is 410 g/mol. The molecule has 2 aliphatic heterocycles. The number of cyclic esters (lactones) is 1. The molecule has 0 aromatic heterocycles. The molecule has 2 saturated heterocycles. The quantitative estimate of drug-likeness (QED) is 0.726. The lowest BCUT2D eigenvalue weighted by Crippen LogP contribution is -2.35. The fourth-order valence-electron chi connectivity index (χ4n) is 3.04. The van der Waals surface area contributed by atoms with Gasteiger partial charge in [0.1, 0.15) is 11.9 Å². The van der Waals surface area contributed by atoms with Crippen molar-refractivity contribution in [1.82, 2.24) is 10.2 Å². The second-order valence-corrected chi connectivity index (χ2v) is 7.00. The van der Waals surface area contributed by atoms with E-state index in [1.807, 2.05) is 6.92 Å². The summed E-state index contributed by atoms with van der Waals surface area (Å²) in [7, 11) is 1.67. The Labute approximate surface area is 168 Å². The Morgan fingerprint density at radius 1 is 1.36 bits per heavy atom. The van der Waals surface area contributed by atoms with Crippen molar-refractivity contribution in [3.63, 3.8) is 0 Å². The van der Waals surface area contributed by atoms with Crippen molar-refractivity contribution in [3.05, 3.63) is 24.0 Å². The van der Waals surface area contributed by atoms with Gasteiger partial charge in [-0.2, -0.15) is 0 Å². The second-order valence-electron chi connectivity index (χ2n) is 6.62. The number of likely N-dealkylation sites (N-methyl/N-ethyl adjacent to an activating group) is 1. The molecule has 0 bridgehead atoms. The standard InChI is InChI=1S/C18H23FN4O4S/c1-3-8-26-16(28)20-10-13-11-23(18(25)27-13)12-4-5-15(14(19)9-12)22-7-6-21(2)17(22)24/h4-5,9,13H,3,6-8,10-11H2,1-2H3,(H,20,28)/t13-/m0/s1. The number of rotatable bonds is 6. The van der Waals surface area contributed by atoms with E-state index in [9.17, 15) is 14.0 Å². The summed E-state index contributed by atoms with van der Waals surface area (Å²) in [6, 6.07) is 4.11. The molecule has 0 spiro atoms. The molecule has 2 aliphatic rings. The molecule has 8 nitrogen and oxygen atoms in total. The van der Waals surface area contributed by atoms with Gasteiger partial charge in [0.15, 0.2) is 0 Å². The molecule has 2 heterocycles. The molecule has 1 aromatic rings. The predicted molar refractivity (Wildman–Crippen MR) is 106 cm³/mol. The summed E-state index contributed by atoms with van der Waals surface area (Å²) < 4.78 is 25.2. The maximum Gasteiger partial charge on any atom is 0.414 e. The van der Waals surface area contributed by atoms with Crippen LogP contribution in [0.2, 0.25) is 0 Å². The molecule has 28 heavy (non-hydrogen) atoms. The molecule has 0 aliphatic carbocycles. The van der Waals surface area contributed by atoms with Crippen molar-refractivity contribution in [3.8, 4) is 0 Å². The minimum atomic E-state index is -0.565. The Balaban J connectivity index is 1.62. The Kier molecular flexibility index (Phi) is 6.18. The normalized spacial score (nSPS) is 19.2. The molecule has 1 aromatic carbocycles. The van der Waals surface area contributed by atoms with Crippen molar-refractivity contribution >= 4 is 40.9 Å². The van der Waals surface area contributed by atoms with Crippen LogP contribution in [-0.2, 0) is 9.47 Å². The van der Waals surface area contributed by atoms with Gasteiger partial charge in [0.05, 0.1) is 31.1 Å². The number of halogens is 1. The minimum absolute atomic E-state index is 0.197. The first-order chi connectivity index (χ1) is 13.4. The van der Waals surface area contributed by atoms with E-state index in [2.05, 4.69) is 5.32 Å². The summed E-state index contributed by atoms with van der Waals surface area (Å²) in [6.45, 7) is 4.01. The average Bonchev–Trinajstić information content (AvgIpc) is 3.21. The number of benzene rings is 1. The summed E-state index contributed by atoms with van der Waals surface area (Å²) in [4.78, 5) is 28.5. The van der Waals surface area contributed by atoms with E-state index in [4.69, 9.17) is 21.7 Å². The summed E-state index contributed by atoms with van der Waals surface area (Å²) in [6.07, 6.45) is -0.155. The van der Waals surface area contributed by atoms with Gasteiger partial charge < -0.3 is 19.7 Å². The Bertz CT molecular complexity index is 778. The third-order valence-electron chi connectivity index (χ3n) is 4.54. The van der Waals surface area contributed by atoms with Gasteiger partial charge >= 0.3 is 12.1 Å². The number of thiocarbonyl (C=S) groups is 1. The van der Waals surface area contributed by atoms with Gasteiger partial charge in [-0.25, -0.2) is 14.0 Å². The van der Waals surface area contributed by atoms with Crippen LogP contribution in [0.3, 0.4) is 0 Å². The number of anilines is 2. The predicted octanol–water partition coefficient (Wildman–Crippen LogP) is 2.32. The highest BCUT2D eigenvalue weighted by molar-refractivity contribution is 7.80. The molecule has 0 radical (unpaired) electrons. The van der Waals surface area contributed by atoms with Crippen molar-refractivity contribution in [2.24, 2.45) is 0 Å². The van der Waals surface area contributed by atoms with Crippen LogP contribution in [0.4, 0.5) is 25.4 Å². The molecular formula is C18H23FN4O4S. The molecule has 1 N–H and O–H groups in total. The zero-order valence-electron chi connectivity index (χ0n) is 15.8. The summed E-state index contributed by atoms with van der Waals surface area (Å²) in [5.41, 5.74) is 0.570. The molecule has 1 atom stereocenters. The topological polar surface area (TPSA) is 74.4 Å². The Morgan fingerprint density at radius 3 is 2.79 bits per heavy atom. The van der Waals surface area contributed by atoms with Crippen LogP contribution < -0.4 is 15.1 Å². The lowest BCUT2D eigenvalue weighted by Gasteiger charge is -2.19. The number of ether oxygens (including phenoxy) is 2. The van der Waals surface area contributed by atoms with Crippen LogP contribution in [0.5, 0.6) is 0 Å². The molecule has 2 fully saturated rings. The summed E-state index contributed by atoms with van der Waals surface area (Å²) in [5.74, 6) is -0.565. The van der Waals surface area contributed by atoms with E-state index in [1.54, 1.807) is 13.1 Å². The maximum absolute atomic E-state index is 14.6. The van der Waals surface area contributed by atoms with Crippen molar-refractivity contribution in [2.75, 3.05) is 49.6 Å². The van der Waals surface area contributed by atoms with Crippen LogP contribution in [0.1, 0.15) is 13.3 Å². The molecule has 10 heteroatoms. The first-order valence-electron chi connectivity index (χ1n) is 9.11. The number of urea groups is 1. The van der Waals surface area contributed by atoms with Crippen LogP contribution in [0, 0.1) is 5.82 Å². The minimum Gasteiger partial charge on any atom is -0.471 e. The van der Waals surface area contributed by atoms with E-state index in [0.717, 1.165) is 6.42 Å². The van der Waals surface area contributed by atoms with Crippen molar-refractivity contribution in [1.29, 1.82) is 0 Å². The number of nitrogens with zero attached hydrogens (tertiary/aromatic N) is 3. The Hall–Kier alpha value is -2.62. The molecule has 152 valence electrons. The first kappa shape index (κ1) is 20.1. The summed E-state index contributed by atoms with van der Waals surface area (Å²) in [5, 5.41) is 3.16. The number of carbonyl (C=O) groups excluding carboxylic acids is 2. The number of nitrogens with one attached hydrogen (secondary N) is 1. The SMILES string of the molecule is CCCOC(=S)NC[C@H]1CN(c2ccc(N3CCN(C)C3=O)c(F)c2)C(=O)O1. The zero-order chi connectivity index (χ0) is 20.3. The van der Waals surface area contributed by atoms with Gasteiger partial charge in [-0.15, -0.1) is 0 Å². The van der Waals surface area contributed by atoms with Crippen molar-refractivity contribution < 1.29 is 23.5 Å². The van der Waals surface area contributed by atoms with Crippen LogP contribution in [0.15, 0.2) is 18.2 Å². The van der Waals surface area contributed by atoms with Crippen LogP contribution in [0.25, 0.3) is 0 Å². The fraction of sp³-hybridized carbons (Fsp3) is 0.500. The van der Waals surface area contributed by atoms with Crippen LogP contribution >= 0.6 is 12.2 Å². The monoisotopic (exact) mass is 410 g/mol. The van der Waals surface area contributed by atoms with E-state index >= 15 is 0 Å². The highest BCUT2D eigenvalue weighted by atomic mass is 32.1. The Morgan fingerprint density at radius 2 is 2.14 bits per heavy atom. The van der Waals surface area contributed by atoms with Crippen LogP contribution in [-0.4, -0.2) is 68.1 Å². The molecule has 3 rings (SSSR count). The van der Waals surface area contributed by atoms with Gasteiger partial charge in [-0.1, -0.05) is 6.92 Å². The number of hydrogen-bond acceptors (Lipinski definition) is 5. The lowest BCUT2D eigenvalue weighted by molar-refractivity contribution is 0.141. The highest BCUT2D eigenvalue weighted by Gasteiger charge is 2.34. The van der Waals surface area contributed by atoms with E-state index in [1.165, 1.54) is 26.8 Å². The van der Waals surface area contributed by atoms with Gasteiger partial charge in [0.25, 0.3) is 5.17 Å². The highest BCUT2D eigenvalue weighted by Crippen LogP contribution is 2.29. The molecular weight excluding hydrogens is 387 g/mol. The zero-order valence-corrected chi connectivity index (χ0v) is 16.6. The maximum atomic E-state index is 14.6.